The van der Waals surface area contributed by atoms with Crippen LogP contribution in [0, 0.1) is 10.1 Å². The summed E-state index contributed by atoms with van der Waals surface area (Å²) in [6.45, 7) is 2.63. The third-order valence-electron chi connectivity index (χ3n) is 3.53. The molecule has 1 aromatic rings. The van der Waals surface area contributed by atoms with E-state index < -0.39 is 4.92 Å². The van der Waals surface area contributed by atoms with Crippen LogP contribution in [-0.4, -0.2) is 35.4 Å². The van der Waals surface area contributed by atoms with E-state index >= 15 is 0 Å². The second-order valence-corrected chi connectivity index (χ2v) is 5.96. The first-order chi connectivity index (χ1) is 10.1. The summed E-state index contributed by atoms with van der Waals surface area (Å²) < 4.78 is 0.683. The molecule has 1 heterocycles. The molecular weight excluding hydrogens is 338 g/mol. The van der Waals surface area contributed by atoms with Crippen LogP contribution in [0.2, 0.25) is 0 Å². The molecule has 0 spiro atoms. The monoisotopic (exact) mass is 355 g/mol. The number of likely N-dealkylation sites (tertiary alicyclic amines) is 1. The van der Waals surface area contributed by atoms with Gasteiger partial charge in [-0.15, -0.1) is 0 Å². The number of nitro benzene ring substituents is 1. The van der Waals surface area contributed by atoms with Gasteiger partial charge in [-0.05, 0) is 25.0 Å². The van der Waals surface area contributed by atoms with Crippen molar-refractivity contribution in [2.45, 2.75) is 25.8 Å². The van der Waals surface area contributed by atoms with Gasteiger partial charge >= 0.3 is 0 Å². The molecule has 0 bridgehead atoms. The summed E-state index contributed by atoms with van der Waals surface area (Å²) in [6, 6.07) is 4.99. The van der Waals surface area contributed by atoms with E-state index in [1.54, 1.807) is 12.1 Å². The molecule has 1 aliphatic rings. The number of carbonyl (C=O) groups excluding carboxylic acids is 1. The first kappa shape index (κ1) is 15.9. The van der Waals surface area contributed by atoms with Crippen molar-refractivity contribution in [3.05, 3.63) is 38.3 Å². The molecule has 1 N–H and O–H groups in total. The van der Waals surface area contributed by atoms with E-state index in [9.17, 15) is 14.9 Å². The highest BCUT2D eigenvalue weighted by atomic mass is 79.9. The normalized spacial score (nSPS) is 14.4. The van der Waals surface area contributed by atoms with Crippen LogP contribution in [0.1, 0.15) is 24.8 Å². The predicted octanol–water partition coefficient (Wildman–Crippen LogP) is 2.46. The second-order valence-electron chi connectivity index (χ2n) is 5.04. The maximum atomic E-state index is 11.8. The zero-order valence-corrected chi connectivity index (χ0v) is 13.3. The highest BCUT2D eigenvalue weighted by Gasteiger charge is 2.17. The average molecular weight is 356 g/mol. The van der Waals surface area contributed by atoms with Gasteiger partial charge in [0.1, 0.15) is 0 Å². The highest BCUT2D eigenvalue weighted by molar-refractivity contribution is 9.10. The van der Waals surface area contributed by atoms with Gasteiger partial charge in [0.25, 0.3) is 5.69 Å². The number of halogens is 1. The van der Waals surface area contributed by atoms with Gasteiger partial charge in [0.2, 0.25) is 5.91 Å². The van der Waals surface area contributed by atoms with Crippen LogP contribution in [0.3, 0.4) is 0 Å². The molecule has 2 rings (SSSR count). The molecule has 7 heteroatoms. The first-order valence-electron chi connectivity index (χ1n) is 6.99. The Balaban J connectivity index is 1.80. The standard InChI is InChI=1S/C14H18BrN3O3/c15-12-4-3-11(13(9-12)18(20)21)10-16-6-5-14(19)17-7-1-2-8-17/h3-4,9,16H,1-2,5-8,10H2. The maximum absolute atomic E-state index is 11.8. The smallest absolute Gasteiger partial charge is 0.275 e. The molecule has 6 nitrogen and oxygen atoms in total. The molecule has 21 heavy (non-hydrogen) atoms. The van der Waals surface area contributed by atoms with Gasteiger partial charge in [0.05, 0.1) is 4.92 Å². The van der Waals surface area contributed by atoms with Crippen molar-refractivity contribution in [2.75, 3.05) is 19.6 Å². The van der Waals surface area contributed by atoms with Crippen molar-refractivity contribution in [2.24, 2.45) is 0 Å². The van der Waals surface area contributed by atoms with E-state index in [4.69, 9.17) is 0 Å². The number of nitrogens with one attached hydrogen (secondary N) is 1. The predicted molar refractivity (Wildman–Crippen MR) is 82.9 cm³/mol. The zero-order chi connectivity index (χ0) is 15.2. The Morgan fingerprint density at radius 2 is 2.10 bits per heavy atom. The molecule has 1 saturated heterocycles. The largest absolute Gasteiger partial charge is 0.343 e. The lowest BCUT2D eigenvalue weighted by atomic mass is 10.2. The van der Waals surface area contributed by atoms with Crippen molar-refractivity contribution in [1.29, 1.82) is 0 Å². The maximum Gasteiger partial charge on any atom is 0.275 e. The van der Waals surface area contributed by atoms with Gasteiger partial charge in [-0.25, -0.2) is 0 Å². The SMILES string of the molecule is O=C(CCNCc1ccc(Br)cc1[N+](=O)[O-])N1CCCC1. The highest BCUT2D eigenvalue weighted by Crippen LogP contribution is 2.23. The van der Waals surface area contributed by atoms with Gasteiger partial charge in [-0.1, -0.05) is 15.9 Å². The van der Waals surface area contributed by atoms with E-state index in [2.05, 4.69) is 21.2 Å². The number of hydrogen-bond donors (Lipinski definition) is 1. The van der Waals surface area contributed by atoms with Crippen molar-refractivity contribution in [3.63, 3.8) is 0 Å². The Morgan fingerprint density at radius 3 is 2.76 bits per heavy atom. The van der Waals surface area contributed by atoms with E-state index in [0.717, 1.165) is 25.9 Å². The quantitative estimate of drug-likeness (QED) is 0.483. The number of nitrogens with zero attached hydrogens (tertiary/aromatic N) is 2. The van der Waals surface area contributed by atoms with Crippen molar-refractivity contribution < 1.29 is 9.72 Å². The van der Waals surface area contributed by atoms with E-state index in [-0.39, 0.29) is 11.6 Å². The molecule has 0 atom stereocenters. The summed E-state index contributed by atoms with van der Waals surface area (Å²) in [6.07, 6.45) is 2.61. The van der Waals surface area contributed by atoms with E-state index in [0.29, 0.717) is 29.5 Å². The third kappa shape index (κ3) is 4.50. The minimum atomic E-state index is -0.392. The summed E-state index contributed by atoms with van der Waals surface area (Å²) in [5, 5.41) is 14.1. The summed E-state index contributed by atoms with van der Waals surface area (Å²) in [7, 11) is 0. The molecule has 0 unspecified atom stereocenters. The Bertz CT molecular complexity index is 530. The number of rotatable bonds is 6. The van der Waals surface area contributed by atoms with Crippen LogP contribution in [-0.2, 0) is 11.3 Å². The summed E-state index contributed by atoms with van der Waals surface area (Å²) in [4.78, 5) is 24.3. The molecule has 1 aliphatic heterocycles. The lowest BCUT2D eigenvalue weighted by Crippen LogP contribution is -2.30. The molecular formula is C14H18BrN3O3. The molecule has 1 amide bonds. The van der Waals surface area contributed by atoms with Gasteiger partial charge in [-0.3, -0.25) is 14.9 Å². The van der Waals surface area contributed by atoms with Crippen LogP contribution in [0.15, 0.2) is 22.7 Å². The molecule has 0 saturated carbocycles. The fourth-order valence-corrected chi connectivity index (χ4v) is 2.75. The molecule has 114 valence electrons. The number of amides is 1. The van der Waals surface area contributed by atoms with Gasteiger partial charge in [0, 0.05) is 48.7 Å². The van der Waals surface area contributed by atoms with Crippen LogP contribution in [0.5, 0.6) is 0 Å². The first-order valence-corrected chi connectivity index (χ1v) is 7.78. The zero-order valence-electron chi connectivity index (χ0n) is 11.7. The Kier molecular flexibility index (Phi) is 5.69. The molecule has 0 aromatic heterocycles. The number of nitro groups is 1. The molecule has 1 aromatic carbocycles. The minimum Gasteiger partial charge on any atom is -0.343 e. The lowest BCUT2D eigenvalue weighted by Gasteiger charge is -2.15. The fourth-order valence-electron chi connectivity index (χ4n) is 2.40. The number of carbonyl (C=O) groups is 1. The molecule has 0 radical (unpaired) electrons. The topological polar surface area (TPSA) is 75.5 Å². The van der Waals surface area contributed by atoms with Crippen LogP contribution in [0.4, 0.5) is 5.69 Å². The number of hydrogen-bond acceptors (Lipinski definition) is 4. The number of benzene rings is 1. The lowest BCUT2D eigenvalue weighted by molar-refractivity contribution is -0.385. The average Bonchev–Trinajstić information content (AvgIpc) is 2.98. The summed E-state index contributed by atoms with van der Waals surface area (Å²) >= 11 is 3.23. The fraction of sp³-hybridized carbons (Fsp3) is 0.500. The van der Waals surface area contributed by atoms with Crippen molar-refractivity contribution in [1.82, 2.24) is 10.2 Å². The van der Waals surface area contributed by atoms with Crippen LogP contribution < -0.4 is 5.32 Å². The Labute approximate surface area is 131 Å². The van der Waals surface area contributed by atoms with Crippen molar-refractivity contribution >= 4 is 27.5 Å². The van der Waals surface area contributed by atoms with Crippen molar-refractivity contribution in [3.8, 4) is 0 Å². The van der Waals surface area contributed by atoms with Gasteiger partial charge in [-0.2, -0.15) is 0 Å². The van der Waals surface area contributed by atoms with Crippen LogP contribution in [0.25, 0.3) is 0 Å². The minimum absolute atomic E-state index is 0.0859. The van der Waals surface area contributed by atoms with E-state index in [1.165, 1.54) is 6.07 Å². The Morgan fingerprint density at radius 1 is 1.38 bits per heavy atom. The second kappa shape index (κ2) is 7.51. The van der Waals surface area contributed by atoms with E-state index in [1.807, 2.05) is 4.90 Å². The molecule has 1 fully saturated rings. The van der Waals surface area contributed by atoms with Gasteiger partial charge < -0.3 is 10.2 Å². The van der Waals surface area contributed by atoms with Crippen LogP contribution >= 0.6 is 15.9 Å². The van der Waals surface area contributed by atoms with Gasteiger partial charge in [0.15, 0.2) is 0 Å². The third-order valence-corrected chi connectivity index (χ3v) is 4.03. The summed E-state index contributed by atoms with van der Waals surface area (Å²) in [5.41, 5.74) is 0.708. The Hall–Kier alpha value is -1.47. The molecule has 0 aliphatic carbocycles. The summed E-state index contributed by atoms with van der Waals surface area (Å²) in [5.74, 6) is 0.158.